The summed E-state index contributed by atoms with van der Waals surface area (Å²) < 4.78 is 0. The highest BCUT2D eigenvalue weighted by Gasteiger charge is 2.03. The van der Waals surface area contributed by atoms with Crippen LogP contribution in [0.2, 0.25) is 0 Å². The average molecular weight is 205 g/mol. The minimum absolute atomic E-state index is 0.284. The summed E-state index contributed by atoms with van der Waals surface area (Å²) in [7, 11) is 0. The molecule has 0 fully saturated rings. The van der Waals surface area contributed by atoms with Crippen LogP contribution in [0, 0.1) is 0 Å². The van der Waals surface area contributed by atoms with Crippen LogP contribution in [0.4, 0.5) is 0 Å². The fourth-order valence-electron chi connectivity index (χ4n) is 0.977. The van der Waals surface area contributed by atoms with Gasteiger partial charge in [0.25, 0.3) is 0 Å². The molecular formula is C8H19N3OS. The van der Waals surface area contributed by atoms with Crippen molar-refractivity contribution in [1.29, 1.82) is 0 Å². The minimum atomic E-state index is 0.284. The summed E-state index contributed by atoms with van der Waals surface area (Å²) in [6, 6.07) is 0.529. The second kappa shape index (κ2) is 8.19. The molecule has 1 unspecified atom stereocenters. The molecule has 0 aromatic carbocycles. The molecule has 1 atom stereocenters. The maximum Gasteiger partial charge on any atom is 0.140 e. The van der Waals surface area contributed by atoms with Crippen molar-refractivity contribution in [2.24, 2.45) is 10.9 Å². The summed E-state index contributed by atoms with van der Waals surface area (Å²) in [4.78, 5) is 0. The van der Waals surface area contributed by atoms with E-state index in [0.717, 1.165) is 18.7 Å². The molecule has 13 heavy (non-hydrogen) atoms. The zero-order valence-electron chi connectivity index (χ0n) is 8.29. The lowest BCUT2D eigenvalue weighted by molar-refractivity contribution is 0.316. The summed E-state index contributed by atoms with van der Waals surface area (Å²) in [6.07, 6.45) is 3.80. The first-order valence-electron chi connectivity index (χ1n) is 4.43. The highest BCUT2D eigenvalue weighted by molar-refractivity contribution is 7.98. The number of thioether (sulfide) groups is 1. The number of oxime groups is 1. The van der Waals surface area contributed by atoms with E-state index in [1.54, 1.807) is 0 Å². The SMILES string of the molecule is CCC(CSC)NCCC(N)=NO. The van der Waals surface area contributed by atoms with Gasteiger partial charge in [0, 0.05) is 24.8 Å². The van der Waals surface area contributed by atoms with Crippen LogP contribution in [0.15, 0.2) is 5.16 Å². The quantitative estimate of drug-likeness (QED) is 0.249. The molecule has 0 heterocycles. The lowest BCUT2D eigenvalue weighted by Gasteiger charge is -2.14. The third-order valence-corrected chi connectivity index (χ3v) is 2.54. The average Bonchev–Trinajstić information content (AvgIpc) is 2.16. The number of rotatable bonds is 7. The van der Waals surface area contributed by atoms with E-state index in [2.05, 4.69) is 23.7 Å². The Hall–Kier alpha value is -0.420. The zero-order chi connectivity index (χ0) is 10.1. The van der Waals surface area contributed by atoms with Gasteiger partial charge in [-0.1, -0.05) is 12.1 Å². The molecule has 0 bridgehead atoms. The van der Waals surface area contributed by atoms with Gasteiger partial charge in [0.2, 0.25) is 0 Å². The molecule has 78 valence electrons. The van der Waals surface area contributed by atoms with Crippen molar-refractivity contribution in [2.45, 2.75) is 25.8 Å². The van der Waals surface area contributed by atoms with Crippen molar-refractivity contribution in [3.8, 4) is 0 Å². The summed E-state index contributed by atoms with van der Waals surface area (Å²) in [5.41, 5.74) is 5.33. The molecule has 0 aromatic heterocycles. The standard InChI is InChI=1S/C8H19N3OS/c1-3-7(6-13-2)10-5-4-8(9)11-12/h7,10,12H,3-6H2,1-2H3,(H2,9,11). The Labute approximate surface area is 84.0 Å². The molecule has 4 N–H and O–H groups in total. The molecule has 0 aliphatic carbocycles. The molecule has 0 spiro atoms. The monoisotopic (exact) mass is 205 g/mol. The third kappa shape index (κ3) is 6.72. The van der Waals surface area contributed by atoms with Crippen molar-refractivity contribution in [3.63, 3.8) is 0 Å². The van der Waals surface area contributed by atoms with Crippen LogP contribution in [0.5, 0.6) is 0 Å². The van der Waals surface area contributed by atoms with E-state index in [1.165, 1.54) is 0 Å². The summed E-state index contributed by atoms with van der Waals surface area (Å²) in [5.74, 6) is 1.39. The number of hydrogen-bond acceptors (Lipinski definition) is 4. The third-order valence-electron chi connectivity index (χ3n) is 1.80. The van der Waals surface area contributed by atoms with Crippen molar-refractivity contribution in [1.82, 2.24) is 5.32 Å². The van der Waals surface area contributed by atoms with Gasteiger partial charge in [-0.25, -0.2) is 0 Å². The van der Waals surface area contributed by atoms with E-state index in [0.29, 0.717) is 12.5 Å². The molecule has 0 aromatic rings. The number of nitrogens with two attached hydrogens (primary N) is 1. The topological polar surface area (TPSA) is 70.6 Å². The molecule has 0 aliphatic heterocycles. The first kappa shape index (κ1) is 12.6. The second-order valence-corrected chi connectivity index (χ2v) is 3.77. The minimum Gasteiger partial charge on any atom is -0.409 e. The van der Waals surface area contributed by atoms with E-state index in [9.17, 15) is 0 Å². The van der Waals surface area contributed by atoms with Crippen molar-refractivity contribution in [2.75, 3.05) is 18.6 Å². The van der Waals surface area contributed by atoms with Crippen LogP contribution in [0.1, 0.15) is 19.8 Å². The lowest BCUT2D eigenvalue weighted by atomic mass is 10.2. The van der Waals surface area contributed by atoms with E-state index in [1.807, 2.05) is 11.8 Å². The molecule has 4 nitrogen and oxygen atoms in total. The van der Waals surface area contributed by atoms with Crippen molar-refractivity contribution in [3.05, 3.63) is 0 Å². The Morgan fingerprint density at radius 3 is 2.85 bits per heavy atom. The first-order chi connectivity index (χ1) is 6.24. The van der Waals surface area contributed by atoms with E-state index in [-0.39, 0.29) is 5.84 Å². The molecule has 0 rings (SSSR count). The van der Waals surface area contributed by atoms with Gasteiger partial charge in [0.1, 0.15) is 5.84 Å². The highest BCUT2D eigenvalue weighted by Crippen LogP contribution is 2.00. The Bertz CT molecular complexity index is 152. The normalized spacial score (nSPS) is 14.5. The van der Waals surface area contributed by atoms with Gasteiger partial charge in [-0.15, -0.1) is 0 Å². The fraction of sp³-hybridized carbons (Fsp3) is 0.875. The summed E-state index contributed by atoms with van der Waals surface area (Å²) >= 11 is 1.83. The Morgan fingerprint density at radius 1 is 1.69 bits per heavy atom. The van der Waals surface area contributed by atoms with Crippen LogP contribution in [0.3, 0.4) is 0 Å². The van der Waals surface area contributed by atoms with Crippen LogP contribution in [-0.2, 0) is 0 Å². The first-order valence-corrected chi connectivity index (χ1v) is 5.82. The predicted molar refractivity (Wildman–Crippen MR) is 58.5 cm³/mol. The Morgan fingerprint density at radius 2 is 2.38 bits per heavy atom. The molecule has 0 saturated carbocycles. The van der Waals surface area contributed by atoms with Gasteiger partial charge in [-0.05, 0) is 12.7 Å². The zero-order valence-corrected chi connectivity index (χ0v) is 9.10. The Balaban J connectivity index is 3.48. The summed E-state index contributed by atoms with van der Waals surface area (Å²) in [6.45, 7) is 2.92. The van der Waals surface area contributed by atoms with Crippen LogP contribution in [-0.4, -0.2) is 35.6 Å². The van der Waals surface area contributed by atoms with Crippen molar-refractivity contribution >= 4 is 17.6 Å². The number of nitrogens with one attached hydrogen (secondary N) is 1. The number of nitrogens with zero attached hydrogens (tertiary/aromatic N) is 1. The second-order valence-electron chi connectivity index (χ2n) is 2.86. The maximum absolute atomic E-state index is 8.29. The molecule has 0 aliphatic rings. The van der Waals surface area contributed by atoms with Gasteiger partial charge in [0.05, 0.1) is 0 Å². The van der Waals surface area contributed by atoms with E-state index >= 15 is 0 Å². The largest absolute Gasteiger partial charge is 0.409 e. The highest BCUT2D eigenvalue weighted by atomic mass is 32.2. The fourth-order valence-corrected chi connectivity index (χ4v) is 1.73. The molecular weight excluding hydrogens is 186 g/mol. The van der Waals surface area contributed by atoms with Crippen LogP contribution >= 0.6 is 11.8 Å². The van der Waals surface area contributed by atoms with E-state index < -0.39 is 0 Å². The van der Waals surface area contributed by atoms with Crippen LogP contribution in [0.25, 0.3) is 0 Å². The molecule has 5 heteroatoms. The van der Waals surface area contributed by atoms with Gasteiger partial charge in [-0.2, -0.15) is 11.8 Å². The molecule has 0 amide bonds. The van der Waals surface area contributed by atoms with Gasteiger partial charge >= 0.3 is 0 Å². The van der Waals surface area contributed by atoms with Gasteiger partial charge < -0.3 is 16.3 Å². The smallest absolute Gasteiger partial charge is 0.140 e. The van der Waals surface area contributed by atoms with Crippen molar-refractivity contribution < 1.29 is 5.21 Å². The molecule has 0 radical (unpaired) electrons. The van der Waals surface area contributed by atoms with Gasteiger partial charge in [-0.3, -0.25) is 0 Å². The lowest BCUT2D eigenvalue weighted by Crippen LogP contribution is -2.33. The predicted octanol–water partition coefficient (Wildman–Crippen LogP) is 0.854. The number of amidine groups is 1. The Kier molecular flexibility index (Phi) is 7.93. The van der Waals surface area contributed by atoms with E-state index in [4.69, 9.17) is 10.9 Å². The number of hydrogen-bond donors (Lipinski definition) is 3. The van der Waals surface area contributed by atoms with Gasteiger partial charge in [0.15, 0.2) is 0 Å². The summed E-state index contributed by atoms with van der Waals surface area (Å²) in [5, 5.41) is 14.5. The van der Waals surface area contributed by atoms with Crippen LogP contribution < -0.4 is 11.1 Å². The maximum atomic E-state index is 8.29. The molecule has 0 saturated heterocycles.